The zero-order valence-electron chi connectivity index (χ0n) is 10.8. The van der Waals surface area contributed by atoms with E-state index in [4.69, 9.17) is 0 Å². The Bertz CT molecular complexity index is 555. The SMILES string of the molecule is CC(C)Cc1nnc(NCc2cc(F)ccc2F)s1. The van der Waals surface area contributed by atoms with Crippen LogP contribution >= 0.6 is 11.3 Å². The van der Waals surface area contributed by atoms with Crippen LogP contribution in [0.5, 0.6) is 0 Å². The van der Waals surface area contributed by atoms with Gasteiger partial charge in [0.15, 0.2) is 0 Å². The molecule has 1 heterocycles. The van der Waals surface area contributed by atoms with E-state index in [2.05, 4.69) is 29.4 Å². The quantitative estimate of drug-likeness (QED) is 0.910. The number of nitrogens with one attached hydrogen (secondary N) is 1. The molecular formula is C13H15F2N3S. The van der Waals surface area contributed by atoms with Gasteiger partial charge in [-0.1, -0.05) is 25.2 Å². The highest BCUT2D eigenvalue weighted by Crippen LogP contribution is 2.19. The van der Waals surface area contributed by atoms with Crippen LogP contribution < -0.4 is 5.32 Å². The summed E-state index contributed by atoms with van der Waals surface area (Å²) in [6.07, 6.45) is 0.869. The predicted octanol–water partition coefficient (Wildman–Crippen LogP) is 3.63. The van der Waals surface area contributed by atoms with E-state index >= 15 is 0 Å². The van der Waals surface area contributed by atoms with Crippen molar-refractivity contribution in [1.29, 1.82) is 0 Å². The van der Waals surface area contributed by atoms with Gasteiger partial charge in [0, 0.05) is 18.5 Å². The number of benzene rings is 1. The number of anilines is 1. The minimum atomic E-state index is -0.448. The van der Waals surface area contributed by atoms with Gasteiger partial charge < -0.3 is 5.32 Å². The van der Waals surface area contributed by atoms with Crippen molar-refractivity contribution in [3.05, 3.63) is 40.4 Å². The van der Waals surface area contributed by atoms with E-state index in [0.717, 1.165) is 23.6 Å². The fourth-order valence-electron chi connectivity index (χ4n) is 1.61. The Morgan fingerprint density at radius 1 is 1.26 bits per heavy atom. The molecule has 0 amide bonds. The van der Waals surface area contributed by atoms with E-state index in [1.165, 1.54) is 17.4 Å². The fourth-order valence-corrected chi connectivity index (χ4v) is 2.55. The second-order valence-corrected chi connectivity index (χ2v) is 5.75. The molecule has 102 valence electrons. The first-order chi connectivity index (χ1) is 9.04. The normalized spacial score (nSPS) is 11.0. The highest BCUT2D eigenvalue weighted by Gasteiger charge is 2.08. The summed E-state index contributed by atoms with van der Waals surface area (Å²) in [5.74, 6) is -0.363. The van der Waals surface area contributed by atoms with Crippen LogP contribution in [0.2, 0.25) is 0 Å². The summed E-state index contributed by atoms with van der Waals surface area (Å²) in [5, 5.41) is 12.6. The average molecular weight is 283 g/mol. The molecule has 2 aromatic rings. The Balaban J connectivity index is 1.98. The summed E-state index contributed by atoms with van der Waals surface area (Å²) in [5.41, 5.74) is 0.278. The monoisotopic (exact) mass is 283 g/mol. The van der Waals surface area contributed by atoms with Crippen LogP contribution in [-0.4, -0.2) is 10.2 Å². The lowest BCUT2D eigenvalue weighted by Crippen LogP contribution is -2.02. The maximum absolute atomic E-state index is 13.4. The zero-order chi connectivity index (χ0) is 13.8. The number of aromatic nitrogens is 2. The van der Waals surface area contributed by atoms with Crippen molar-refractivity contribution in [3.8, 4) is 0 Å². The molecular weight excluding hydrogens is 268 g/mol. The molecule has 0 spiro atoms. The molecule has 0 atom stereocenters. The van der Waals surface area contributed by atoms with Crippen molar-refractivity contribution in [2.45, 2.75) is 26.8 Å². The van der Waals surface area contributed by atoms with Crippen LogP contribution in [-0.2, 0) is 13.0 Å². The molecule has 0 fully saturated rings. The second-order valence-electron chi connectivity index (χ2n) is 4.69. The molecule has 19 heavy (non-hydrogen) atoms. The maximum Gasteiger partial charge on any atom is 0.205 e. The van der Waals surface area contributed by atoms with E-state index in [9.17, 15) is 8.78 Å². The van der Waals surface area contributed by atoms with Gasteiger partial charge in [-0.05, 0) is 24.1 Å². The molecule has 3 nitrogen and oxygen atoms in total. The first kappa shape index (κ1) is 13.9. The van der Waals surface area contributed by atoms with E-state index in [1.54, 1.807) is 0 Å². The Morgan fingerprint density at radius 2 is 2.05 bits per heavy atom. The lowest BCUT2D eigenvalue weighted by Gasteiger charge is -2.04. The van der Waals surface area contributed by atoms with Gasteiger partial charge in [-0.3, -0.25) is 0 Å². The third kappa shape index (κ3) is 3.96. The van der Waals surface area contributed by atoms with Gasteiger partial charge in [-0.2, -0.15) is 0 Å². The second kappa shape index (κ2) is 6.06. The molecule has 0 unspecified atom stereocenters. The number of rotatable bonds is 5. The van der Waals surface area contributed by atoms with Gasteiger partial charge >= 0.3 is 0 Å². The van der Waals surface area contributed by atoms with Crippen LogP contribution in [0.3, 0.4) is 0 Å². The fraction of sp³-hybridized carbons (Fsp3) is 0.385. The third-order valence-electron chi connectivity index (χ3n) is 2.49. The smallest absolute Gasteiger partial charge is 0.205 e. The highest BCUT2D eigenvalue weighted by molar-refractivity contribution is 7.15. The van der Waals surface area contributed by atoms with Crippen molar-refractivity contribution in [2.75, 3.05) is 5.32 Å². The van der Waals surface area contributed by atoms with Crippen molar-refractivity contribution < 1.29 is 8.78 Å². The zero-order valence-corrected chi connectivity index (χ0v) is 11.6. The van der Waals surface area contributed by atoms with Crippen molar-refractivity contribution in [1.82, 2.24) is 10.2 Å². The van der Waals surface area contributed by atoms with Gasteiger partial charge in [0.1, 0.15) is 16.6 Å². The predicted molar refractivity (Wildman–Crippen MR) is 72.1 cm³/mol. The third-order valence-corrected chi connectivity index (χ3v) is 3.39. The molecule has 0 aliphatic heterocycles. The standard InChI is InChI=1S/C13H15F2N3S/c1-8(2)5-12-17-18-13(19-12)16-7-9-6-10(14)3-4-11(9)15/h3-4,6,8H,5,7H2,1-2H3,(H,16,18). The molecule has 6 heteroatoms. The van der Waals surface area contributed by atoms with Gasteiger partial charge in [0.05, 0.1) is 0 Å². The number of halogens is 2. The van der Waals surface area contributed by atoms with Crippen LogP contribution in [0.1, 0.15) is 24.4 Å². The summed E-state index contributed by atoms with van der Waals surface area (Å²) < 4.78 is 26.4. The number of hydrogen-bond donors (Lipinski definition) is 1. The van der Waals surface area contributed by atoms with Gasteiger partial charge in [-0.25, -0.2) is 8.78 Å². The van der Waals surface area contributed by atoms with E-state index in [0.29, 0.717) is 11.0 Å². The minimum Gasteiger partial charge on any atom is -0.356 e. The van der Waals surface area contributed by atoms with E-state index in [-0.39, 0.29) is 12.1 Å². The lowest BCUT2D eigenvalue weighted by atomic mass is 10.1. The van der Waals surface area contributed by atoms with Crippen molar-refractivity contribution in [3.63, 3.8) is 0 Å². The average Bonchev–Trinajstić information content (AvgIpc) is 2.77. The minimum absolute atomic E-state index is 0.194. The maximum atomic E-state index is 13.4. The van der Waals surface area contributed by atoms with Crippen LogP contribution in [0.25, 0.3) is 0 Å². The number of nitrogens with zero attached hydrogens (tertiary/aromatic N) is 2. The van der Waals surface area contributed by atoms with Gasteiger partial charge in [0.25, 0.3) is 0 Å². The lowest BCUT2D eigenvalue weighted by molar-refractivity contribution is 0.587. The summed E-state index contributed by atoms with van der Waals surface area (Å²) >= 11 is 1.44. The van der Waals surface area contributed by atoms with Crippen molar-refractivity contribution >= 4 is 16.5 Å². The molecule has 0 aliphatic rings. The van der Waals surface area contributed by atoms with Crippen molar-refractivity contribution in [2.24, 2.45) is 5.92 Å². The molecule has 1 aromatic carbocycles. The molecule has 0 aliphatic carbocycles. The Labute approximate surface area is 114 Å². The Kier molecular flexibility index (Phi) is 4.42. The molecule has 1 N–H and O–H groups in total. The molecule has 0 saturated heterocycles. The largest absolute Gasteiger partial charge is 0.356 e. The first-order valence-corrected chi connectivity index (χ1v) is 6.86. The molecule has 0 radical (unpaired) electrons. The van der Waals surface area contributed by atoms with Gasteiger partial charge in [-0.15, -0.1) is 10.2 Å². The van der Waals surface area contributed by atoms with E-state index < -0.39 is 11.6 Å². The van der Waals surface area contributed by atoms with Crippen LogP contribution in [0.4, 0.5) is 13.9 Å². The Morgan fingerprint density at radius 3 is 2.79 bits per heavy atom. The van der Waals surface area contributed by atoms with Crippen LogP contribution in [0.15, 0.2) is 18.2 Å². The number of hydrogen-bond acceptors (Lipinski definition) is 4. The van der Waals surface area contributed by atoms with E-state index in [1.807, 2.05) is 0 Å². The Hall–Kier alpha value is -1.56. The first-order valence-electron chi connectivity index (χ1n) is 6.05. The van der Waals surface area contributed by atoms with Crippen LogP contribution in [0, 0.1) is 17.6 Å². The molecule has 0 bridgehead atoms. The molecule has 1 aromatic heterocycles. The molecule has 2 rings (SSSR count). The highest BCUT2D eigenvalue weighted by atomic mass is 32.1. The summed E-state index contributed by atoms with van der Waals surface area (Å²) in [6.45, 7) is 4.41. The summed E-state index contributed by atoms with van der Waals surface area (Å²) in [7, 11) is 0. The van der Waals surface area contributed by atoms with Gasteiger partial charge in [0.2, 0.25) is 5.13 Å². The summed E-state index contributed by atoms with van der Waals surface area (Å²) in [6, 6.07) is 3.40. The summed E-state index contributed by atoms with van der Waals surface area (Å²) in [4.78, 5) is 0. The topological polar surface area (TPSA) is 37.8 Å². The molecule has 0 saturated carbocycles.